The van der Waals surface area contributed by atoms with Crippen LogP contribution in [0, 0.1) is 6.92 Å². The molecule has 24 heavy (non-hydrogen) atoms. The molecule has 0 spiro atoms. The fourth-order valence-electron chi connectivity index (χ4n) is 2.55. The normalized spacial score (nSPS) is 16.7. The van der Waals surface area contributed by atoms with Crippen LogP contribution in [0.1, 0.15) is 17.2 Å². The van der Waals surface area contributed by atoms with Gasteiger partial charge in [0.25, 0.3) is 10.0 Å². The third-order valence-corrected chi connectivity index (χ3v) is 5.22. The molecule has 2 amide bonds. The van der Waals surface area contributed by atoms with E-state index in [9.17, 15) is 13.2 Å². The number of hydrogen-bond donors (Lipinski definition) is 2. The minimum atomic E-state index is -3.94. The highest BCUT2D eigenvalue weighted by atomic mass is 32.2. The van der Waals surface area contributed by atoms with E-state index >= 15 is 0 Å². The van der Waals surface area contributed by atoms with Gasteiger partial charge in [-0.2, -0.15) is 0 Å². The molecular weight excluding hydrogens is 326 g/mol. The second-order valence-corrected chi connectivity index (χ2v) is 7.04. The summed E-state index contributed by atoms with van der Waals surface area (Å²) in [5, 5.41) is 1.24. The summed E-state index contributed by atoms with van der Waals surface area (Å²) in [6, 6.07) is 14.7. The van der Waals surface area contributed by atoms with E-state index in [4.69, 9.17) is 0 Å². The number of benzene rings is 2. The Bertz CT molecular complexity index is 879. The van der Waals surface area contributed by atoms with Crippen LogP contribution < -0.4 is 10.1 Å². The lowest BCUT2D eigenvalue weighted by Crippen LogP contribution is -2.47. The highest BCUT2D eigenvalue weighted by Gasteiger charge is 2.30. The third-order valence-electron chi connectivity index (χ3n) is 3.73. The molecule has 7 heteroatoms. The van der Waals surface area contributed by atoms with Gasteiger partial charge in [0.05, 0.1) is 10.9 Å². The molecule has 1 aliphatic rings. The maximum Gasteiger partial charge on any atom is 0.350 e. The standard InChI is InChI=1S/C17H17N3O3S/c1-13-7-5-6-10-16(13)24(22,23)19-17(21)20-15(11-12-18-20)14-8-3-2-4-9-14/h2-12,15,18H,1H3,(H,19,21). The third kappa shape index (κ3) is 3.11. The van der Waals surface area contributed by atoms with Crippen LogP contribution in [-0.2, 0) is 10.0 Å². The van der Waals surface area contributed by atoms with E-state index in [0.29, 0.717) is 5.56 Å². The van der Waals surface area contributed by atoms with Crippen LogP contribution in [0.2, 0.25) is 0 Å². The van der Waals surface area contributed by atoms with Gasteiger partial charge in [0, 0.05) is 6.20 Å². The molecular formula is C17H17N3O3S. The van der Waals surface area contributed by atoms with Crippen LogP contribution in [0.5, 0.6) is 0 Å². The number of hydrogen-bond acceptors (Lipinski definition) is 4. The summed E-state index contributed by atoms with van der Waals surface area (Å²) in [5.74, 6) is 0. The molecule has 1 heterocycles. The summed E-state index contributed by atoms with van der Waals surface area (Å²) in [6.07, 6.45) is 3.40. The second-order valence-electron chi connectivity index (χ2n) is 5.39. The Morgan fingerprint density at radius 3 is 2.46 bits per heavy atom. The molecule has 0 radical (unpaired) electrons. The predicted molar refractivity (Wildman–Crippen MR) is 90.2 cm³/mol. The maximum atomic E-state index is 12.5. The van der Waals surface area contributed by atoms with E-state index in [1.165, 1.54) is 11.1 Å². The second kappa shape index (κ2) is 6.37. The predicted octanol–water partition coefficient (Wildman–Crippen LogP) is 2.47. The first-order chi connectivity index (χ1) is 11.5. The van der Waals surface area contributed by atoms with Gasteiger partial charge in [-0.15, -0.1) is 0 Å². The van der Waals surface area contributed by atoms with Gasteiger partial charge in [0.15, 0.2) is 0 Å². The smallest absolute Gasteiger partial charge is 0.301 e. The van der Waals surface area contributed by atoms with Crippen LogP contribution in [-0.4, -0.2) is 19.5 Å². The monoisotopic (exact) mass is 343 g/mol. The number of rotatable bonds is 3. The van der Waals surface area contributed by atoms with E-state index in [1.54, 1.807) is 37.4 Å². The van der Waals surface area contributed by atoms with Crippen molar-refractivity contribution in [2.24, 2.45) is 0 Å². The van der Waals surface area contributed by atoms with E-state index < -0.39 is 16.1 Å². The van der Waals surface area contributed by atoms with Crippen molar-refractivity contribution in [3.63, 3.8) is 0 Å². The highest BCUT2D eigenvalue weighted by Crippen LogP contribution is 2.24. The van der Waals surface area contributed by atoms with Crippen molar-refractivity contribution in [2.75, 3.05) is 0 Å². The van der Waals surface area contributed by atoms with Crippen molar-refractivity contribution < 1.29 is 13.2 Å². The number of carbonyl (C=O) groups is 1. The van der Waals surface area contributed by atoms with Crippen molar-refractivity contribution >= 4 is 16.1 Å². The lowest BCUT2D eigenvalue weighted by Gasteiger charge is -2.25. The van der Waals surface area contributed by atoms with Gasteiger partial charge >= 0.3 is 6.03 Å². The van der Waals surface area contributed by atoms with E-state index in [0.717, 1.165) is 5.56 Å². The van der Waals surface area contributed by atoms with Crippen molar-refractivity contribution in [3.8, 4) is 0 Å². The SMILES string of the molecule is Cc1ccccc1S(=O)(=O)NC(=O)N1NC=CC1c1ccccc1. The van der Waals surface area contributed by atoms with E-state index in [-0.39, 0.29) is 10.9 Å². The Morgan fingerprint density at radius 2 is 1.75 bits per heavy atom. The first-order valence-electron chi connectivity index (χ1n) is 7.38. The van der Waals surface area contributed by atoms with Gasteiger partial charge in [0.1, 0.15) is 0 Å². The largest absolute Gasteiger partial charge is 0.350 e. The number of nitrogens with one attached hydrogen (secondary N) is 2. The van der Waals surface area contributed by atoms with Gasteiger partial charge in [-0.05, 0) is 30.2 Å². The molecule has 3 rings (SSSR count). The zero-order valence-corrected chi connectivity index (χ0v) is 13.8. The molecule has 2 N–H and O–H groups in total. The number of urea groups is 1. The van der Waals surface area contributed by atoms with Crippen LogP contribution in [0.15, 0.2) is 71.8 Å². The molecule has 1 atom stereocenters. The lowest BCUT2D eigenvalue weighted by atomic mass is 10.1. The van der Waals surface area contributed by atoms with E-state index in [1.807, 2.05) is 30.3 Å². The lowest BCUT2D eigenvalue weighted by molar-refractivity contribution is 0.181. The van der Waals surface area contributed by atoms with Gasteiger partial charge in [0.2, 0.25) is 0 Å². The molecule has 0 fully saturated rings. The first kappa shape index (κ1) is 16.1. The Balaban J connectivity index is 1.81. The summed E-state index contributed by atoms with van der Waals surface area (Å²) in [4.78, 5) is 12.5. The Kier molecular flexibility index (Phi) is 4.26. The summed E-state index contributed by atoms with van der Waals surface area (Å²) in [6.45, 7) is 1.68. The number of nitrogens with zero attached hydrogens (tertiary/aromatic N) is 1. The van der Waals surface area contributed by atoms with Gasteiger partial charge < -0.3 is 5.43 Å². The average Bonchev–Trinajstić information content (AvgIpc) is 3.05. The van der Waals surface area contributed by atoms with Crippen molar-refractivity contribution in [1.82, 2.24) is 15.2 Å². The van der Waals surface area contributed by atoms with Crippen molar-refractivity contribution in [1.29, 1.82) is 0 Å². The number of amides is 2. The zero-order chi connectivity index (χ0) is 17.2. The van der Waals surface area contributed by atoms with Crippen LogP contribution in [0.25, 0.3) is 0 Å². The molecule has 0 aliphatic carbocycles. The summed E-state index contributed by atoms with van der Waals surface area (Å²) >= 11 is 0. The quantitative estimate of drug-likeness (QED) is 0.897. The van der Waals surface area contributed by atoms with Crippen LogP contribution in [0.4, 0.5) is 4.79 Å². The molecule has 0 saturated heterocycles. The Labute approximate surface area is 140 Å². The molecule has 1 unspecified atom stereocenters. The summed E-state index contributed by atoms with van der Waals surface area (Å²) < 4.78 is 27.0. The minimum Gasteiger partial charge on any atom is -0.301 e. The Hall–Kier alpha value is -2.80. The molecule has 0 bridgehead atoms. The molecule has 6 nitrogen and oxygen atoms in total. The van der Waals surface area contributed by atoms with Gasteiger partial charge in [-0.1, -0.05) is 48.5 Å². The first-order valence-corrected chi connectivity index (χ1v) is 8.87. The summed E-state index contributed by atoms with van der Waals surface area (Å²) in [5.41, 5.74) is 4.22. The molecule has 124 valence electrons. The van der Waals surface area contributed by atoms with Crippen molar-refractivity contribution in [2.45, 2.75) is 17.9 Å². The molecule has 0 saturated carbocycles. The maximum absolute atomic E-state index is 12.5. The minimum absolute atomic E-state index is 0.0850. The molecule has 0 aromatic heterocycles. The van der Waals surface area contributed by atoms with Crippen molar-refractivity contribution in [3.05, 3.63) is 78.0 Å². The van der Waals surface area contributed by atoms with Gasteiger partial charge in [-0.3, -0.25) is 0 Å². The van der Waals surface area contributed by atoms with Gasteiger partial charge in [-0.25, -0.2) is 22.9 Å². The number of sulfonamides is 1. The topological polar surface area (TPSA) is 78.5 Å². The zero-order valence-electron chi connectivity index (χ0n) is 13.0. The summed E-state index contributed by atoms with van der Waals surface area (Å²) in [7, 11) is -3.94. The average molecular weight is 343 g/mol. The molecule has 2 aromatic carbocycles. The fourth-order valence-corrected chi connectivity index (χ4v) is 3.74. The van der Waals surface area contributed by atoms with Crippen LogP contribution in [0.3, 0.4) is 0 Å². The molecule has 2 aromatic rings. The molecule has 1 aliphatic heterocycles. The highest BCUT2D eigenvalue weighted by molar-refractivity contribution is 7.90. The Morgan fingerprint density at radius 1 is 1.08 bits per heavy atom. The fraction of sp³-hybridized carbons (Fsp3) is 0.118. The van der Waals surface area contributed by atoms with E-state index in [2.05, 4.69) is 10.1 Å². The van der Waals surface area contributed by atoms with Crippen LogP contribution >= 0.6 is 0 Å². The number of carbonyl (C=O) groups excluding carboxylic acids is 1. The number of aryl methyl sites for hydroxylation is 1. The number of hydrazine groups is 1.